The van der Waals surface area contributed by atoms with Gasteiger partial charge in [0.1, 0.15) is 0 Å². The van der Waals surface area contributed by atoms with Gasteiger partial charge in [-0.3, -0.25) is 9.58 Å². The molecule has 1 aliphatic heterocycles. The van der Waals surface area contributed by atoms with E-state index in [0.717, 1.165) is 13.1 Å². The molecule has 1 aromatic rings. The van der Waals surface area contributed by atoms with Crippen molar-refractivity contribution in [3.05, 3.63) is 17.0 Å². The van der Waals surface area contributed by atoms with Crippen molar-refractivity contribution in [3.63, 3.8) is 0 Å². The quantitative estimate of drug-likeness (QED) is 0.785. The Kier molecular flexibility index (Phi) is 2.07. The Bertz CT molecular complexity index is 378. The molecule has 1 fully saturated rings. The van der Waals surface area contributed by atoms with Gasteiger partial charge in [0.25, 0.3) is 0 Å². The molecule has 2 N–H and O–H groups in total. The van der Waals surface area contributed by atoms with Gasteiger partial charge in [0.05, 0.1) is 17.4 Å². The summed E-state index contributed by atoms with van der Waals surface area (Å²) >= 11 is 0. The summed E-state index contributed by atoms with van der Waals surface area (Å²) in [4.78, 5) is 2.29. The third kappa shape index (κ3) is 1.32. The summed E-state index contributed by atoms with van der Waals surface area (Å²) in [7, 11) is 2.13. The molecule has 2 aliphatic rings. The van der Waals surface area contributed by atoms with E-state index < -0.39 is 0 Å². The van der Waals surface area contributed by atoms with E-state index in [2.05, 4.69) is 16.6 Å². The van der Waals surface area contributed by atoms with Crippen LogP contribution in [0.25, 0.3) is 0 Å². The summed E-state index contributed by atoms with van der Waals surface area (Å²) in [6.45, 7) is 2.64. The van der Waals surface area contributed by atoms with E-state index in [4.69, 9.17) is 10.8 Å². The van der Waals surface area contributed by atoms with Crippen LogP contribution in [0.3, 0.4) is 0 Å². The van der Waals surface area contributed by atoms with Crippen LogP contribution in [-0.2, 0) is 19.6 Å². The van der Waals surface area contributed by atoms with Crippen LogP contribution in [0.15, 0.2) is 0 Å². The Hall–Kier alpha value is -0.870. The smallest absolute Gasteiger partial charge is 0.0813 e. The van der Waals surface area contributed by atoms with E-state index in [0.29, 0.717) is 12.6 Å². The van der Waals surface area contributed by atoms with Gasteiger partial charge in [0.15, 0.2) is 0 Å². The van der Waals surface area contributed by atoms with Crippen LogP contribution in [0.4, 0.5) is 0 Å². The Balaban J connectivity index is 1.99. The summed E-state index contributed by atoms with van der Waals surface area (Å²) in [6.07, 6.45) is 3.91. The fourth-order valence-corrected chi connectivity index (χ4v) is 2.60. The number of hydrogen-bond acceptors (Lipinski definition) is 3. The molecule has 4 nitrogen and oxygen atoms in total. The lowest BCUT2D eigenvalue weighted by atomic mass is 9.93. The summed E-state index contributed by atoms with van der Waals surface area (Å²) in [5, 5.41) is 4.73. The molecule has 0 radical (unpaired) electrons. The standard InChI is InChI=1S/C11H18N4/c1-14-6-9-10(7-14)13-15(11(9)5-12)8-3-2-4-8/h8H,2-7,12H2,1H3. The van der Waals surface area contributed by atoms with Gasteiger partial charge in [-0.05, 0) is 26.3 Å². The van der Waals surface area contributed by atoms with Crippen LogP contribution in [-0.4, -0.2) is 21.7 Å². The molecule has 15 heavy (non-hydrogen) atoms. The maximum Gasteiger partial charge on any atom is 0.0813 e. The van der Waals surface area contributed by atoms with Crippen LogP contribution >= 0.6 is 0 Å². The van der Waals surface area contributed by atoms with Crippen molar-refractivity contribution < 1.29 is 0 Å². The van der Waals surface area contributed by atoms with Gasteiger partial charge in [0, 0.05) is 25.2 Å². The molecule has 1 aliphatic carbocycles. The molecule has 0 aromatic carbocycles. The normalized spacial score (nSPS) is 21.7. The van der Waals surface area contributed by atoms with Crippen molar-refractivity contribution >= 4 is 0 Å². The minimum Gasteiger partial charge on any atom is -0.325 e. The van der Waals surface area contributed by atoms with Gasteiger partial charge < -0.3 is 5.73 Å². The largest absolute Gasteiger partial charge is 0.325 e. The summed E-state index contributed by atoms with van der Waals surface area (Å²) in [6, 6.07) is 0.638. The highest BCUT2D eigenvalue weighted by atomic mass is 15.3. The van der Waals surface area contributed by atoms with Crippen LogP contribution in [0.2, 0.25) is 0 Å². The van der Waals surface area contributed by atoms with Gasteiger partial charge in [-0.15, -0.1) is 0 Å². The Morgan fingerprint density at radius 2 is 2.20 bits per heavy atom. The highest BCUT2D eigenvalue weighted by Crippen LogP contribution is 2.35. The second kappa shape index (κ2) is 3.32. The number of fused-ring (bicyclic) bond motifs is 1. The number of nitrogens with zero attached hydrogens (tertiary/aromatic N) is 3. The number of nitrogens with two attached hydrogens (primary N) is 1. The van der Waals surface area contributed by atoms with Gasteiger partial charge >= 0.3 is 0 Å². The summed E-state index contributed by atoms with van der Waals surface area (Å²) in [5.74, 6) is 0. The van der Waals surface area contributed by atoms with E-state index in [1.54, 1.807) is 0 Å². The molecule has 82 valence electrons. The maximum absolute atomic E-state index is 5.85. The Morgan fingerprint density at radius 1 is 1.40 bits per heavy atom. The van der Waals surface area contributed by atoms with Crippen molar-refractivity contribution in [3.8, 4) is 0 Å². The first-order valence-electron chi connectivity index (χ1n) is 5.77. The molecule has 0 unspecified atom stereocenters. The molecule has 3 rings (SSSR count). The molecule has 0 bridgehead atoms. The third-order valence-corrected chi connectivity index (χ3v) is 3.66. The molecule has 0 atom stereocenters. The minimum absolute atomic E-state index is 0.632. The van der Waals surface area contributed by atoms with E-state index in [1.165, 1.54) is 36.2 Å². The molecular weight excluding hydrogens is 188 g/mol. The maximum atomic E-state index is 5.85. The lowest BCUT2D eigenvalue weighted by molar-refractivity contribution is 0.272. The van der Waals surface area contributed by atoms with E-state index >= 15 is 0 Å². The summed E-state index contributed by atoms with van der Waals surface area (Å²) < 4.78 is 2.21. The van der Waals surface area contributed by atoms with Crippen molar-refractivity contribution in [2.45, 2.75) is 44.9 Å². The number of rotatable bonds is 2. The van der Waals surface area contributed by atoms with E-state index in [9.17, 15) is 0 Å². The lowest BCUT2D eigenvalue weighted by Gasteiger charge is -2.28. The van der Waals surface area contributed by atoms with Crippen LogP contribution < -0.4 is 5.73 Å². The molecule has 1 aromatic heterocycles. The van der Waals surface area contributed by atoms with Crippen molar-refractivity contribution in [2.75, 3.05) is 7.05 Å². The second-order valence-electron chi connectivity index (χ2n) is 4.78. The Morgan fingerprint density at radius 3 is 2.80 bits per heavy atom. The van der Waals surface area contributed by atoms with Crippen LogP contribution in [0, 0.1) is 0 Å². The number of hydrogen-bond donors (Lipinski definition) is 1. The topological polar surface area (TPSA) is 47.1 Å². The predicted octanol–water partition coefficient (Wildman–Crippen LogP) is 1.01. The molecular formula is C11H18N4. The third-order valence-electron chi connectivity index (χ3n) is 3.66. The van der Waals surface area contributed by atoms with Gasteiger partial charge in [-0.1, -0.05) is 0 Å². The predicted molar refractivity (Wildman–Crippen MR) is 58.2 cm³/mol. The van der Waals surface area contributed by atoms with Crippen LogP contribution in [0.1, 0.15) is 42.3 Å². The minimum atomic E-state index is 0.632. The molecule has 0 spiro atoms. The number of aromatic nitrogens is 2. The van der Waals surface area contributed by atoms with Crippen molar-refractivity contribution in [1.29, 1.82) is 0 Å². The average Bonchev–Trinajstić information content (AvgIpc) is 2.57. The summed E-state index contributed by atoms with van der Waals surface area (Å²) in [5.41, 5.74) is 9.78. The average molecular weight is 206 g/mol. The van der Waals surface area contributed by atoms with Gasteiger partial charge in [-0.2, -0.15) is 5.10 Å². The molecule has 0 saturated heterocycles. The highest BCUT2D eigenvalue weighted by Gasteiger charge is 2.29. The Labute approximate surface area is 90.0 Å². The molecule has 1 saturated carbocycles. The van der Waals surface area contributed by atoms with E-state index in [-0.39, 0.29) is 0 Å². The second-order valence-corrected chi connectivity index (χ2v) is 4.78. The van der Waals surface area contributed by atoms with Gasteiger partial charge in [0.2, 0.25) is 0 Å². The molecule has 0 amide bonds. The SMILES string of the molecule is CN1Cc2nn(C3CCC3)c(CN)c2C1. The fraction of sp³-hybridized carbons (Fsp3) is 0.727. The molecule has 4 heteroatoms. The zero-order valence-corrected chi connectivity index (χ0v) is 9.24. The zero-order valence-electron chi connectivity index (χ0n) is 9.24. The highest BCUT2D eigenvalue weighted by molar-refractivity contribution is 5.30. The van der Waals surface area contributed by atoms with Crippen LogP contribution in [0.5, 0.6) is 0 Å². The van der Waals surface area contributed by atoms with Crippen molar-refractivity contribution in [1.82, 2.24) is 14.7 Å². The molecule has 2 heterocycles. The van der Waals surface area contributed by atoms with Crippen molar-refractivity contribution in [2.24, 2.45) is 5.73 Å². The first-order valence-corrected chi connectivity index (χ1v) is 5.77. The van der Waals surface area contributed by atoms with E-state index in [1.807, 2.05) is 0 Å². The zero-order chi connectivity index (χ0) is 10.4. The first kappa shape index (κ1) is 9.36. The monoisotopic (exact) mass is 206 g/mol. The lowest BCUT2D eigenvalue weighted by Crippen LogP contribution is -2.23. The fourth-order valence-electron chi connectivity index (χ4n) is 2.60. The first-order chi connectivity index (χ1) is 7.29. The van der Waals surface area contributed by atoms with Gasteiger partial charge in [-0.25, -0.2) is 0 Å².